The molecular formula is C22H25N7O. The molecule has 1 aromatic carbocycles. The molecule has 0 aliphatic carbocycles. The van der Waals surface area contributed by atoms with Gasteiger partial charge in [0.1, 0.15) is 0 Å². The Morgan fingerprint density at radius 1 is 1.30 bits per heavy atom. The van der Waals surface area contributed by atoms with Gasteiger partial charge in [-0.1, -0.05) is 0 Å². The van der Waals surface area contributed by atoms with Gasteiger partial charge in [-0.2, -0.15) is 5.10 Å². The number of benzene rings is 1. The number of hydrogen-bond donors (Lipinski definition) is 4. The van der Waals surface area contributed by atoms with E-state index in [1.165, 1.54) is 17.0 Å². The number of H-pyrrole nitrogens is 2. The van der Waals surface area contributed by atoms with Crippen LogP contribution in [0.2, 0.25) is 0 Å². The summed E-state index contributed by atoms with van der Waals surface area (Å²) in [6, 6.07) is 8.29. The van der Waals surface area contributed by atoms with Crippen LogP contribution in [0.1, 0.15) is 24.6 Å². The fourth-order valence-electron chi connectivity index (χ4n) is 4.06. The third-order valence-electron chi connectivity index (χ3n) is 5.62. The number of fused-ring (bicyclic) bond motifs is 2. The first kappa shape index (κ1) is 18.4. The molecule has 2 aromatic heterocycles. The average molecular weight is 403 g/mol. The maximum atomic E-state index is 12.1. The summed E-state index contributed by atoms with van der Waals surface area (Å²) < 4.78 is 0. The van der Waals surface area contributed by atoms with Gasteiger partial charge in [0.2, 0.25) is 0 Å². The molecule has 0 fully saturated rings. The molecule has 0 saturated heterocycles. The number of urea groups is 1. The lowest BCUT2D eigenvalue weighted by Gasteiger charge is -2.34. The van der Waals surface area contributed by atoms with Crippen LogP contribution in [0.25, 0.3) is 16.6 Å². The zero-order valence-corrected chi connectivity index (χ0v) is 16.9. The Morgan fingerprint density at radius 3 is 3.07 bits per heavy atom. The summed E-state index contributed by atoms with van der Waals surface area (Å²) in [5.74, 6) is 0. The second-order valence-corrected chi connectivity index (χ2v) is 7.56. The van der Waals surface area contributed by atoms with Crippen molar-refractivity contribution in [2.24, 2.45) is 0 Å². The molecule has 0 radical (unpaired) electrons. The van der Waals surface area contributed by atoms with Gasteiger partial charge in [0.15, 0.2) is 0 Å². The molecule has 154 valence electrons. The molecule has 4 N–H and O–H groups in total. The quantitative estimate of drug-likeness (QED) is 0.537. The summed E-state index contributed by atoms with van der Waals surface area (Å²) in [5.41, 5.74) is 6.68. The number of aromatic amines is 2. The van der Waals surface area contributed by atoms with E-state index in [0.29, 0.717) is 13.1 Å². The first-order chi connectivity index (χ1) is 14.7. The maximum Gasteiger partial charge on any atom is 0.317 e. The number of nitrogens with one attached hydrogen (secondary N) is 4. The van der Waals surface area contributed by atoms with E-state index < -0.39 is 0 Å². The van der Waals surface area contributed by atoms with Crippen LogP contribution in [-0.2, 0) is 6.54 Å². The van der Waals surface area contributed by atoms with E-state index in [-0.39, 0.29) is 6.03 Å². The molecule has 0 bridgehead atoms. The van der Waals surface area contributed by atoms with E-state index in [9.17, 15) is 4.79 Å². The minimum atomic E-state index is 0.00522. The summed E-state index contributed by atoms with van der Waals surface area (Å²) in [6.45, 7) is 4.73. The Hall–Kier alpha value is -3.68. The Bertz CT molecular complexity index is 1140. The van der Waals surface area contributed by atoms with Crippen molar-refractivity contribution in [1.82, 2.24) is 30.3 Å². The normalized spacial score (nSPS) is 16.2. The lowest BCUT2D eigenvalue weighted by atomic mass is 10.1. The number of rotatable bonds is 4. The molecule has 2 amide bonds. The van der Waals surface area contributed by atoms with Crippen LogP contribution in [0, 0.1) is 0 Å². The third-order valence-corrected chi connectivity index (χ3v) is 5.62. The van der Waals surface area contributed by atoms with Gasteiger partial charge in [-0.3, -0.25) is 5.10 Å². The predicted molar refractivity (Wildman–Crippen MR) is 117 cm³/mol. The molecule has 0 spiro atoms. The molecule has 0 atom stereocenters. The van der Waals surface area contributed by atoms with E-state index in [2.05, 4.69) is 61.2 Å². The van der Waals surface area contributed by atoms with E-state index >= 15 is 0 Å². The van der Waals surface area contributed by atoms with Crippen LogP contribution in [0.4, 0.5) is 10.5 Å². The molecule has 0 unspecified atom stereocenters. The molecule has 5 rings (SSSR count). The first-order valence-corrected chi connectivity index (χ1v) is 10.3. The molecule has 2 aliphatic rings. The van der Waals surface area contributed by atoms with Gasteiger partial charge in [-0.05, 0) is 37.3 Å². The van der Waals surface area contributed by atoms with Crippen molar-refractivity contribution >= 4 is 28.3 Å². The van der Waals surface area contributed by atoms with Crippen LogP contribution in [0.15, 0.2) is 54.6 Å². The highest BCUT2D eigenvalue weighted by Gasteiger charge is 2.24. The van der Waals surface area contributed by atoms with Crippen LogP contribution in [0.5, 0.6) is 0 Å². The summed E-state index contributed by atoms with van der Waals surface area (Å²) in [5, 5.41) is 14.6. The average Bonchev–Trinajstić information content (AvgIpc) is 3.43. The third kappa shape index (κ3) is 3.41. The van der Waals surface area contributed by atoms with Crippen LogP contribution in [0.3, 0.4) is 0 Å². The molecule has 8 nitrogen and oxygen atoms in total. The fraction of sp³-hybridized carbons (Fsp3) is 0.273. The standard InChI is InChI=1S/C22H25N7O/c1-2-23-22(30)28-9-6-17(7-10-28)29-13-20-18(5-8-24-20)21(14-29)26-16-3-4-19-15(11-16)12-25-27-19/h3-6,8,11-12,14,24,26H,2,7,9-10,13H2,1H3,(H,23,30)(H,25,27). The summed E-state index contributed by atoms with van der Waals surface area (Å²) in [4.78, 5) is 19.6. The second-order valence-electron chi connectivity index (χ2n) is 7.56. The number of carbonyl (C=O) groups is 1. The van der Waals surface area contributed by atoms with Crippen molar-refractivity contribution in [2.75, 3.05) is 25.0 Å². The lowest BCUT2D eigenvalue weighted by Crippen LogP contribution is -2.43. The number of hydrogen-bond acceptors (Lipinski definition) is 4. The molecule has 30 heavy (non-hydrogen) atoms. The zero-order chi connectivity index (χ0) is 20.5. The fourth-order valence-corrected chi connectivity index (χ4v) is 4.06. The molecule has 3 aromatic rings. The van der Waals surface area contributed by atoms with Gasteiger partial charge in [0, 0.05) is 66.5 Å². The number of anilines is 1. The van der Waals surface area contributed by atoms with Crippen molar-refractivity contribution < 1.29 is 4.79 Å². The van der Waals surface area contributed by atoms with Gasteiger partial charge in [-0.25, -0.2) is 4.79 Å². The summed E-state index contributed by atoms with van der Waals surface area (Å²) in [7, 11) is 0. The van der Waals surface area contributed by atoms with Gasteiger partial charge in [-0.15, -0.1) is 0 Å². The van der Waals surface area contributed by atoms with E-state index in [4.69, 9.17) is 0 Å². The zero-order valence-electron chi connectivity index (χ0n) is 16.9. The van der Waals surface area contributed by atoms with Crippen molar-refractivity contribution in [3.63, 3.8) is 0 Å². The van der Waals surface area contributed by atoms with Crippen molar-refractivity contribution in [3.05, 3.63) is 65.9 Å². The van der Waals surface area contributed by atoms with Crippen LogP contribution >= 0.6 is 0 Å². The van der Waals surface area contributed by atoms with Crippen molar-refractivity contribution in [3.8, 4) is 0 Å². The van der Waals surface area contributed by atoms with Gasteiger partial charge in [0.25, 0.3) is 0 Å². The highest BCUT2D eigenvalue weighted by Crippen LogP contribution is 2.31. The summed E-state index contributed by atoms with van der Waals surface area (Å²) in [6.07, 6.45) is 8.96. The second kappa shape index (κ2) is 7.62. The molecule has 2 aliphatic heterocycles. The van der Waals surface area contributed by atoms with Crippen molar-refractivity contribution in [2.45, 2.75) is 19.9 Å². The predicted octanol–water partition coefficient (Wildman–Crippen LogP) is 3.44. The molecular weight excluding hydrogens is 378 g/mol. The monoisotopic (exact) mass is 403 g/mol. The Labute approximate surface area is 174 Å². The van der Waals surface area contributed by atoms with Gasteiger partial charge >= 0.3 is 6.03 Å². The Morgan fingerprint density at radius 2 is 2.23 bits per heavy atom. The summed E-state index contributed by atoms with van der Waals surface area (Å²) >= 11 is 0. The largest absolute Gasteiger partial charge is 0.363 e. The Balaban J connectivity index is 1.38. The maximum absolute atomic E-state index is 12.1. The van der Waals surface area contributed by atoms with Gasteiger partial charge < -0.3 is 25.4 Å². The smallest absolute Gasteiger partial charge is 0.317 e. The van der Waals surface area contributed by atoms with Crippen molar-refractivity contribution in [1.29, 1.82) is 0 Å². The van der Waals surface area contributed by atoms with Crippen LogP contribution in [-0.4, -0.2) is 50.6 Å². The molecule has 0 saturated carbocycles. The minimum absolute atomic E-state index is 0.00522. The minimum Gasteiger partial charge on any atom is -0.363 e. The number of aromatic nitrogens is 3. The van der Waals surface area contributed by atoms with E-state index in [1.807, 2.05) is 30.3 Å². The SMILES string of the molecule is CCNC(=O)N1CC=C(N2C=C(Nc3ccc4[nH]ncc4c3)c3cc[nH]c3C2)CC1. The Kier molecular flexibility index (Phi) is 4.66. The molecule has 4 heterocycles. The highest BCUT2D eigenvalue weighted by atomic mass is 16.2. The number of nitrogens with zero attached hydrogens (tertiary/aromatic N) is 3. The highest BCUT2D eigenvalue weighted by molar-refractivity contribution is 5.86. The van der Waals surface area contributed by atoms with E-state index in [0.717, 1.165) is 41.8 Å². The van der Waals surface area contributed by atoms with E-state index in [1.54, 1.807) is 0 Å². The molecule has 8 heteroatoms. The van der Waals surface area contributed by atoms with Crippen LogP contribution < -0.4 is 10.6 Å². The number of carbonyl (C=O) groups excluding carboxylic acids is 1. The first-order valence-electron chi connectivity index (χ1n) is 10.3. The lowest BCUT2D eigenvalue weighted by molar-refractivity contribution is 0.199. The topological polar surface area (TPSA) is 92.1 Å². The number of amides is 2. The van der Waals surface area contributed by atoms with Gasteiger partial charge in [0.05, 0.1) is 24.0 Å².